The molecule has 24 heavy (non-hydrogen) atoms. The van der Waals surface area contributed by atoms with Crippen molar-refractivity contribution in [2.24, 2.45) is 0 Å². The molecule has 3 aliphatic heterocycles. The molecule has 8 heteroatoms. The average Bonchev–Trinajstić information content (AvgIpc) is 2.62. The first-order valence-corrected chi connectivity index (χ1v) is 8.16. The van der Waals surface area contributed by atoms with Crippen LogP contribution in [0.15, 0.2) is 18.2 Å². The van der Waals surface area contributed by atoms with Gasteiger partial charge in [-0.25, -0.2) is 0 Å². The highest BCUT2D eigenvalue weighted by atomic mass is 16.6. The van der Waals surface area contributed by atoms with Crippen molar-refractivity contribution in [3.8, 4) is 5.75 Å². The zero-order chi connectivity index (χ0) is 17.3. The molecule has 0 unspecified atom stereocenters. The Morgan fingerprint density at radius 2 is 1.96 bits per heavy atom. The van der Waals surface area contributed by atoms with E-state index in [0.29, 0.717) is 11.4 Å². The van der Waals surface area contributed by atoms with Crippen LogP contribution in [0.1, 0.15) is 6.92 Å². The SMILES string of the molecule is COc1ccc([N+](=O)[O-])cc1NC(=O)[C@H](C)[N+]12CCN(CC1)CC2. The van der Waals surface area contributed by atoms with E-state index in [-0.39, 0.29) is 17.6 Å². The first-order valence-electron chi connectivity index (χ1n) is 8.16. The summed E-state index contributed by atoms with van der Waals surface area (Å²) in [6.07, 6.45) is 0. The minimum absolute atomic E-state index is 0.0719. The van der Waals surface area contributed by atoms with Gasteiger partial charge in [-0.2, -0.15) is 0 Å². The number of piperazine rings is 3. The van der Waals surface area contributed by atoms with Crippen molar-refractivity contribution in [2.45, 2.75) is 13.0 Å². The van der Waals surface area contributed by atoms with Crippen LogP contribution < -0.4 is 10.1 Å². The standard InChI is InChI=1S/C16H22N4O4/c1-12(20-8-5-18(6-9-20)7-10-20)16(21)17-14-11-13(19(22)23)3-4-15(14)24-2/h3-4,11-12H,5-10H2,1-2H3/p+1/t12-/m0/s1. The lowest BCUT2D eigenvalue weighted by Gasteiger charge is -2.52. The van der Waals surface area contributed by atoms with Crippen molar-refractivity contribution in [1.82, 2.24) is 4.90 Å². The summed E-state index contributed by atoms with van der Waals surface area (Å²) >= 11 is 0. The van der Waals surface area contributed by atoms with Crippen molar-refractivity contribution in [3.63, 3.8) is 0 Å². The maximum atomic E-state index is 12.8. The third kappa shape index (κ3) is 2.94. The number of amides is 1. The van der Waals surface area contributed by atoms with E-state index in [2.05, 4.69) is 10.2 Å². The first kappa shape index (κ1) is 16.7. The summed E-state index contributed by atoms with van der Waals surface area (Å²) in [6, 6.07) is 4.02. The summed E-state index contributed by atoms with van der Waals surface area (Å²) in [7, 11) is 1.48. The monoisotopic (exact) mass is 335 g/mol. The van der Waals surface area contributed by atoms with Crippen LogP contribution >= 0.6 is 0 Å². The van der Waals surface area contributed by atoms with Gasteiger partial charge in [-0.15, -0.1) is 0 Å². The van der Waals surface area contributed by atoms with Gasteiger partial charge in [0.1, 0.15) is 5.75 Å². The number of quaternary nitrogens is 1. The van der Waals surface area contributed by atoms with Crippen LogP contribution in [0.2, 0.25) is 0 Å². The average molecular weight is 335 g/mol. The molecule has 8 nitrogen and oxygen atoms in total. The molecule has 1 aromatic carbocycles. The molecule has 4 rings (SSSR count). The van der Waals surface area contributed by atoms with Crippen molar-refractivity contribution in [2.75, 3.05) is 51.7 Å². The number of hydrogen-bond acceptors (Lipinski definition) is 5. The van der Waals surface area contributed by atoms with Crippen molar-refractivity contribution in [3.05, 3.63) is 28.3 Å². The maximum absolute atomic E-state index is 12.8. The summed E-state index contributed by atoms with van der Waals surface area (Å²) in [5.74, 6) is 0.300. The molecular weight excluding hydrogens is 312 g/mol. The molecule has 0 spiro atoms. The molecule has 0 aliphatic carbocycles. The lowest BCUT2D eigenvalue weighted by molar-refractivity contribution is -0.953. The largest absolute Gasteiger partial charge is 0.495 e. The molecule has 1 atom stereocenters. The molecule has 1 N–H and O–H groups in total. The van der Waals surface area contributed by atoms with Crippen LogP contribution in [0, 0.1) is 10.1 Å². The third-order valence-corrected chi connectivity index (χ3v) is 5.44. The number of hydrogen-bond donors (Lipinski definition) is 1. The summed E-state index contributed by atoms with van der Waals surface area (Å²) in [6.45, 7) is 7.94. The highest BCUT2D eigenvalue weighted by Crippen LogP contribution is 2.30. The number of non-ortho nitro benzene ring substituents is 1. The van der Waals surface area contributed by atoms with Crippen LogP contribution in [0.4, 0.5) is 11.4 Å². The highest BCUT2D eigenvalue weighted by Gasteiger charge is 2.45. The first-order chi connectivity index (χ1) is 11.4. The molecule has 130 valence electrons. The molecule has 0 saturated carbocycles. The highest BCUT2D eigenvalue weighted by molar-refractivity contribution is 5.95. The van der Waals surface area contributed by atoms with Gasteiger partial charge in [0.05, 0.1) is 37.4 Å². The van der Waals surface area contributed by atoms with Gasteiger partial charge < -0.3 is 14.5 Å². The van der Waals surface area contributed by atoms with E-state index in [1.807, 2.05) is 6.92 Å². The predicted octanol–water partition coefficient (Wildman–Crippen LogP) is 1.08. The number of nitrogens with zero attached hydrogens (tertiary/aromatic N) is 3. The number of carbonyl (C=O) groups is 1. The minimum atomic E-state index is -0.482. The Morgan fingerprint density at radius 1 is 1.33 bits per heavy atom. The molecule has 2 bridgehead atoms. The number of anilines is 1. The van der Waals surface area contributed by atoms with Gasteiger partial charge in [0.2, 0.25) is 0 Å². The molecule has 3 aliphatic rings. The Labute approximate surface area is 140 Å². The number of methoxy groups -OCH3 is 1. The van der Waals surface area contributed by atoms with Crippen LogP contribution in [0.25, 0.3) is 0 Å². The van der Waals surface area contributed by atoms with Crippen molar-refractivity contribution in [1.29, 1.82) is 0 Å². The zero-order valence-corrected chi connectivity index (χ0v) is 14.0. The Kier molecular flexibility index (Phi) is 4.42. The van der Waals surface area contributed by atoms with Crippen LogP contribution in [-0.4, -0.2) is 72.6 Å². The molecule has 0 aromatic heterocycles. The zero-order valence-electron chi connectivity index (χ0n) is 14.0. The van der Waals surface area contributed by atoms with Gasteiger partial charge in [-0.1, -0.05) is 0 Å². The van der Waals surface area contributed by atoms with E-state index in [9.17, 15) is 14.9 Å². The number of benzene rings is 1. The van der Waals surface area contributed by atoms with E-state index >= 15 is 0 Å². The smallest absolute Gasteiger partial charge is 0.282 e. The van der Waals surface area contributed by atoms with Gasteiger partial charge in [0.25, 0.3) is 11.6 Å². The topological polar surface area (TPSA) is 84.7 Å². The van der Waals surface area contributed by atoms with Gasteiger partial charge >= 0.3 is 0 Å². The summed E-state index contributed by atoms with van der Waals surface area (Å²) in [4.78, 5) is 25.7. The molecule has 1 aromatic rings. The van der Waals surface area contributed by atoms with Gasteiger partial charge in [-0.3, -0.25) is 19.8 Å². The Morgan fingerprint density at radius 3 is 2.50 bits per heavy atom. The molecule has 0 radical (unpaired) electrons. The fraction of sp³-hybridized carbons (Fsp3) is 0.562. The Hall–Kier alpha value is -2.19. The van der Waals surface area contributed by atoms with Crippen LogP contribution in [0.5, 0.6) is 5.75 Å². The van der Waals surface area contributed by atoms with E-state index in [1.54, 1.807) is 0 Å². The summed E-state index contributed by atoms with van der Waals surface area (Å²) in [5.41, 5.74) is 0.273. The number of fused-ring (bicyclic) bond motifs is 3. The second-order valence-corrected chi connectivity index (χ2v) is 6.54. The fourth-order valence-corrected chi connectivity index (χ4v) is 3.67. The number of nitro groups is 1. The second kappa shape index (κ2) is 6.37. The number of nitrogens with one attached hydrogen (secondary N) is 1. The maximum Gasteiger partial charge on any atom is 0.282 e. The summed E-state index contributed by atoms with van der Waals surface area (Å²) in [5, 5.41) is 13.8. The van der Waals surface area contributed by atoms with E-state index in [0.717, 1.165) is 43.8 Å². The molecule has 1 amide bonds. The number of nitro benzene ring substituents is 1. The summed E-state index contributed by atoms with van der Waals surface area (Å²) < 4.78 is 6.01. The van der Waals surface area contributed by atoms with Gasteiger partial charge in [-0.05, 0) is 13.0 Å². The van der Waals surface area contributed by atoms with Crippen molar-refractivity contribution < 1.29 is 18.9 Å². The van der Waals surface area contributed by atoms with E-state index < -0.39 is 4.92 Å². The van der Waals surface area contributed by atoms with E-state index in [1.165, 1.54) is 25.3 Å². The molecular formula is C16H23N4O4+. The second-order valence-electron chi connectivity index (χ2n) is 6.54. The predicted molar refractivity (Wildman–Crippen MR) is 89.0 cm³/mol. The normalized spacial score (nSPS) is 26.7. The van der Waals surface area contributed by atoms with Gasteiger partial charge in [0, 0.05) is 31.8 Å². The minimum Gasteiger partial charge on any atom is -0.495 e. The molecule has 3 saturated heterocycles. The molecule has 3 fully saturated rings. The lowest BCUT2D eigenvalue weighted by Crippen LogP contribution is -2.72. The number of rotatable bonds is 5. The van der Waals surface area contributed by atoms with Crippen LogP contribution in [0.3, 0.4) is 0 Å². The lowest BCUT2D eigenvalue weighted by atomic mass is 10.1. The third-order valence-electron chi connectivity index (χ3n) is 5.44. The van der Waals surface area contributed by atoms with Gasteiger partial charge in [0.15, 0.2) is 6.04 Å². The number of carbonyl (C=O) groups excluding carboxylic acids is 1. The number of ether oxygens (including phenoxy) is 1. The van der Waals surface area contributed by atoms with E-state index in [4.69, 9.17) is 4.74 Å². The van der Waals surface area contributed by atoms with Crippen molar-refractivity contribution >= 4 is 17.3 Å². The molecule has 3 heterocycles. The Balaban J connectivity index is 1.78. The quantitative estimate of drug-likeness (QED) is 0.494. The fourth-order valence-electron chi connectivity index (χ4n) is 3.67. The van der Waals surface area contributed by atoms with Crippen LogP contribution in [-0.2, 0) is 4.79 Å². The Bertz CT molecular complexity index is 642.